The number of carbonyl (C=O) groups excluding carboxylic acids is 1. The van der Waals surface area contributed by atoms with E-state index in [-0.39, 0.29) is 17.6 Å². The summed E-state index contributed by atoms with van der Waals surface area (Å²) in [4.78, 5) is 12.7. The normalized spacial score (nSPS) is 18.4. The smallest absolute Gasteiger partial charge is 0.251 e. The Morgan fingerprint density at radius 1 is 1.21 bits per heavy atom. The summed E-state index contributed by atoms with van der Waals surface area (Å²) in [5.41, 5.74) is 1.55. The van der Waals surface area contributed by atoms with Gasteiger partial charge in [-0.2, -0.15) is 0 Å². The van der Waals surface area contributed by atoms with E-state index in [1.165, 1.54) is 0 Å². The van der Waals surface area contributed by atoms with Crippen LogP contribution in [0.5, 0.6) is 5.75 Å². The molecule has 126 valence electrons. The second-order valence-electron chi connectivity index (χ2n) is 6.27. The zero-order valence-electron chi connectivity index (χ0n) is 14.0. The van der Waals surface area contributed by atoms with Gasteiger partial charge in [-0.25, -0.2) is 0 Å². The summed E-state index contributed by atoms with van der Waals surface area (Å²) in [7, 11) is 0. The fourth-order valence-electron chi connectivity index (χ4n) is 3.30. The molecule has 1 N–H and O–H groups in total. The summed E-state index contributed by atoms with van der Waals surface area (Å²) in [5, 5.41) is 3.22. The molecule has 1 aliphatic heterocycles. The van der Waals surface area contributed by atoms with Crippen LogP contribution in [0.25, 0.3) is 0 Å². The lowest BCUT2D eigenvalue weighted by atomic mass is 9.83. The van der Waals surface area contributed by atoms with Crippen molar-refractivity contribution in [2.75, 3.05) is 0 Å². The highest BCUT2D eigenvalue weighted by molar-refractivity contribution is 14.1. The molecule has 0 spiro atoms. The number of para-hydroxylation sites is 1. The topological polar surface area (TPSA) is 38.3 Å². The standard InChI is InChI=1S/C20H22INO2/c1-3-20(4-2)13-17(16-10-5-6-11-18(16)24-20)22-19(23)14-8-7-9-15(21)12-14/h5-12,17H,3-4,13H2,1-2H3,(H,22,23)/t17-/m1/s1. The van der Waals surface area contributed by atoms with Crippen molar-refractivity contribution in [1.29, 1.82) is 0 Å². The molecule has 0 aromatic heterocycles. The van der Waals surface area contributed by atoms with Gasteiger partial charge in [0.15, 0.2) is 0 Å². The van der Waals surface area contributed by atoms with Gasteiger partial charge in [-0.05, 0) is 59.7 Å². The fraction of sp³-hybridized carbons (Fsp3) is 0.350. The maximum Gasteiger partial charge on any atom is 0.251 e. The first-order chi connectivity index (χ1) is 11.6. The molecule has 2 aromatic carbocycles. The van der Waals surface area contributed by atoms with Crippen LogP contribution in [0.3, 0.4) is 0 Å². The van der Waals surface area contributed by atoms with Gasteiger partial charge in [0.25, 0.3) is 5.91 Å². The summed E-state index contributed by atoms with van der Waals surface area (Å²) < 4.78 is 7.36. The first-order valence-corrected chi connectivity index (χ1v) is 9.49. The van der Waals surface area contributed by atoms with Crippen LogP contribution >= 0.6 is 22.6 Å². The molecule has 0 saturated carbocycles. The Kier molecular flexibility index (Phi) is 5.13. The van der Waals surface area contributed by atoms with Crippen molar-refractivity contribution in [2.24, 2.45) is 0 Å². The number of rotatable bonds is 4. The molecule has 3 nitrogen and oxygen atoms in total. The largest absolute Gasteiger partial charge is 0.487 e. The Morgan fingerprint density at radius 3 is 2.67 bits per heavy atom. The predicted molar refractivity (Wildman–Crippen MR) is 104 cm³/mol. The van der Waals surface area contributed by atoms with Gasteiger partial charge in [-0.15, -0.1) is 0 Å². The quantitative estimate of drug-likeness (QED) is 0.679. The molecule has 0 fully saturated rings. The highest BCUT2D eigenvalue weighted by Gasteiger charge is 2.38. The van der Waals surface area contributed by atoms with Gasteiger partial charge >= 0.3 is 0 Å². The molecule has 24 heavy (non-hydrogen) atoms. The van der Waals surface area contributed by atoms with Crippen molar-refractivity contribution in [3.8, 4) is 5.75 Å². The maximum absolute atomic E-state index is 12.7. The number of nitrogens with one attached hydrogen (secondary N) is 1. The minimum atomic E-state index is -0.211. The monoisotopic (exact) mass is 435 g/mol. The Morgan fingerprint density at radius 2 is 1.96 bits per heavy atom. The van der Waals surface area contributed by atoms with Crippen LogP contribution in [0, 0.1) is 3.57 Å². The molecule has 1 atom stereocenters. The number of halogens is 1. The van der Waals surface area contributed by atoms with Crippen LogP contribution < -0.4 is 10.1 Å². The highest BCUT2D eigenvalue weighted by Crippen LogP contribution is 2.42. The Labute approximate surface area is 156 Å². The van der Waals surface area contributed by atoms with Crippen LogP contribution in [-0.2, 0) is 0 Å². The number of hydrogen-bond acceptors (Lipinski definition) is 2. The molecular formula is C20H22INO2. The molecule has 0 bridgehead atoms. The first kappa shape index (κ1) is 17.3. The van der Waals surface area contributed by atoms with Crippen molar-refractivity contribution >= 4 is 28.5 Å². The average Bonchev–Trinajstić information content (AvgIpc) is 2.61. The van der Waals surface area contributed by atoms with Crippen molar-refractivity contribution < 1.29 is 9.53 Å². The van der Waals surface area contributed by atoms with Crippen LogP contribution in [0.4, 0.5) is 0 Å². The van der Waals surface area contributed by atoms with E-state index in [9.17, 15) is 4.79 Å². The third kappa shape index (κ3) is 3.43. The lowest BCUT2D eigenvalue weighted by Crippen LogP contribution is -2.44. The first-order valence-electron chi connectivity index (χ1n) is 8.41. The molecule has 4 heteroatoms. The average molecular weight is 435 g/mol. The molecule has 2 aromatic rings. The van der Waals surface area contributed by atoms with Gasteiger partial charge in [0.2, 0.25) is 0 Å². The third-order valence-corrected chi connectivity index (χ3v) is 5.55. The van der Waals surface area contributed by atoms with Crippen LogP contribution in [0.2, 0.25) is 0 Å². The van der Waals surface area contributed by atoms with E-state index in [4.69, 9.17) is 4.74 Å². The second-order valence-corrected chi connectivity index (χ2v) is 7.52. The van der Waals surface area contributed by atoms with Gasteiger partial charge in [-0.1, -0.05) is 38.1 Å². The minimum absolute atomic E-state index is 0.0276. The van der Waals surface area contributed by atoms with Gasteiger partial charge in [-0.3, -0.25) is 4.79 Å². The Hall–Kier alpha value is -1.56. The van der Waals surface area contributed by atoms with E-state index < -0.39 is 0 Å². The number of ether oxygens (including phenoxy) is 1. The van der Waals surface area contributed by atoms with E-state index in [0.29, 0.717) is 5.56 Å². The van der Waals surface area contributed by atoms with E-state index in [0.717, 1.165) is 34.1 Å². The van der Waals surface area contributed by atoms with Gasteiger partial charge in [0.05, 0.1) is 6.04 Å². The molecule has 0 aliphatic carbocycles. The number of amides is 1. The van der Waals surface area contributed by atoms with E-state index >= 15 is 0 Å². The molecule has 0 saturated heterocycles. The molecule has 1 heterocycles. The molecular weight excluding hydrogens is 413 g/mol. The summed E-state index contributed by atoms with van der Waals surface area (Å²) >= 11 is 2.23. The number of hydrogen-bond donors (Lipinski definition) is 1. The van der Waals surface area contributed by atoms with Gasteiger partial charge < -0.3 is 10.1 Å². The van der Waals surface area contributed by atoms with E-state index in [1.807, 2.05) is 48.5 Å². The fourth-order valence-corrected chi connectivity index (χ4v) is 3.84. The SMILES string of the molecule is CCC1(CC)C[C@@H](NC(=O)c2cccc(I)c2)c2ccccc2O1. The highest BCUT2D eigenvalue weighted by atomic mass is 127. The number of carbonyl (C=O) groups is 1. The zero-order valence-corrected chi connectivity index (χ0v) is 16.2. The summed E-state index contributed by atoms with van der Waals surface area (Å²) in [6, 6.07) is 15.7. The molecule has 3 rings (SSSR count). The van der Waals surface area contributed by atoms with E-state index in [2.05, 4.69) is 41.8 Å². The van der Waals surface area contributed by atoms with Gasteiger partial charge in [0.1, 0.15) is 11.4 Å². The Bertz CT molecular complexity index is 740. The summed E-state index contributed by atoms with van der Waals surface area (Å²) in [6.07, 6.45) is 2.65. The lowest BCUT2D eigenvalue weighted by molar-refractivity contribution is 0.0227. The van der Waals surface area contributed by atoms with Crippen molar-refractivity contribution in [3.05, 3.63) is 63.2 Å². The minimum Gasteiger partial charge on any atom is -0.487 e. The van der Waals surface area contributed by atoms with Gasteiger partial charge in [0, 0.05) is 21.1 Å². The maximum atomic E-state index is 12.7. The second kappa shape index (κ2) is 7.13. The van der Waals surface area contributed by atoms with E-state index in [1.54, 1.807) is 0 Å². The third-order valence-electron chi connectivity index (χ3n) is 4.88. The lowest BCUT2D eigenvalue weighted by Gasteiger charge is -2.41. The van der Waals surface area contributed by atoms with Crippen LogP contribution in [0.1, 0.15) is 55.1 Å². The molecule has 0 unspecified atom stereocenters. The van der Waals surface area contributed by atoms with Crippen molar-refractivity contribution in [3.63, 3.8) is 0 Å². The number of benzene rings is 2. The summed E-state index contributed by atoms with van der Waals surface area (Å²) in [5.74, 6) is 0.858. The summed E-state index contributed by atoms with van der Waals surface area (Å²) in [6.45, 7) is 4.30. The molecule has 1 aliphatic rings. The van der Waals surface area contributed by atoms with Crippen LogP contribution in [-0.4, -0.2) is 11.5 Å². The Balaban J connectivity index is 1.90. The van der Waals surface area contributed by atoms with Crippen LogP contribution in [0.15, 0.2) is 48.5 Å². The zero-order chi connectivity index (χ0) is 17.2. The molecule has 0 radical (unpaired) electrons. The van der Waals surface area contributed by atoms with Crippen molar-refractivity contribution in [1.82, 2.24) is 5.32 Å². The van der Waals surface area contributed by atoms with Crippen molar-refractivity contribution in [2.45, 2.75) is 44.8 Å². The predicted octanol–water partition coefficient (Wildman–Crippen LogP) is 5.10. The number of fused-ring (bicyclic) bond motifs is 1. The molecule has 1 amide bonds.